The van der Waals surface area contributed by atoms with E-state index >= 15 is 0 Å². The van der Waals surface area contributed by atoms with Gasteiger partial charge in [0.25, 0.3) is 0 Å². The van der Waals surface area contributed by atoms with Crippen molar-refractivity contribution in [3.05, 3.63) is 35.4 Å². The van der Waals surface area contributed by atoms with Crippen molar-refractivity contribution >= 4 is 0 Å². The predicted octanol–water partition coefficient (Wildman–Crippen LogP) is 3.84. The summed E-state index contributed by atoms with van der Waals surface area (Å²) in [6, 6.07) is 9.15. The van der Waals surface area contributed by atoms with Gasteiger partial charge in [0.05, 0.1) is 0 Å². The Kier molecular flexibility index (Phi) is 4.00. The number of nitrogens with one attached hydrogen (secondary N) is 1. The molecule has 88 valence electrons. The van der Waals surface area contributed by atoms with Gasteiger partial charge in [-0.2, -0.15) is 0 Å². The highest BCUT2D eigenvalue weighted by Gasteiger charge is 2.20. The van der Waals surface area contributed by atoms with Gasteiger partial charge < -0.3 is 5.32 Å². The molecule has 1 fully saturated rings. The molecule has 0 spiro atoms. The Hall–Kier alpha value is -0.820. The second kappa shape index (κ2) is 5.49. The number of aryl methyl sites for hydroxylation is 1. The first-order valence-corrected chi connectivity index (χ1v) is 6.56. The van der Waals surface area contributed by atoms with Crippen LogP contribution in [-0.4, -0.2) is 6.54 Å². The quantitative estimate of drug-likeness (QED) is 0.714. The Labute approximate surface area is 99.3 Å². The van der Waals surface area contributed by atoms with Crippen LogP contribution >= 0.6 is 0 Å². The van der Waals surface area contributed by atoms with Gasteiger partial charge in [0, 0.05) is 6.04 Å². The molecule has 2 rings (SSSR count). The predicted molar refractivity (Wildman–Crippen MR) is 69.6 cm³/mol. The smallest absolute Gasteiger partial charge is 0.0294 e. The second-order valence-electron chi connectivity index (χ2n) is 5.12. The summed E-state index contributed by atoms with van der Waals surface area (Å²) in [5.41, 5.74) is 2.83. The van der Waals surface area contributed by atoms with Crippen LogP contribution in [0.15, 0.2) is 24.3 Å². The number of hydrogen-bond donors (Lipinski definition) is 1. The third kappa shape index (κ3) is 3.34. The maximum atomic E-state index is 3.62. The monoisotopic (exact) mass is 217 g/mol. The average molecular weight is 217 g/mol. The van der Waals surface area contributed by atoms with Gasteiger partial charge in [-0.05, 0) is 50.3 Å². The Morgan fingerprint density at radius 1 is 1.31 bits per heavy atom. The van der Waals surface area contributed by atoms with Crippen LogP contribution in [0.2, 0.25) is 0 Å². The van der Waals surface area contributed by atoms with E-state index in [1.807, 2.05) is 0 Å². The minimum atomic E-state index is 0.486. The molecule has 0 heterocycles. The molecule has 0 amide bonds. The van der Waals surface area contributed by atoms with Gasteiger partial charge in [-0.1, -0.05) is 37.1 Å². The van der Waals surface area contributed by atoms with Crippen molar-refractivity contribution in [3.8, 4) is 0 Å². The standard InChI is InChI=1S/C15H23N/c1-12-6-3-4-8-15(12)13(2)16-11-5-7-14-9-10-14/h3-4,6,8,13-14,16H,5,7,9-11H2,1-2H3. The third-order valence-corrected chi connectivity index (χ3v) is 3.59. The lowest BCUT2D eigenvalue weighted by Gasteiger charge is -2.16. The van der Waals surface area contributed by atoms with Crippen molar-refractivity contribution in [1.82, 2.24) is 5.32 Å². The Bertz CT molecular complexity index is 328. The first-order valence-electron chi connectivity index (χ1n) is 6.56. The van der Waals surface area contributed by atoms with Crippen molar-refractivity contribution in [1.29, 1.82) is 0 Å². The van der Waals surface area contributed by atoms with E-state index in [1.54, 1.807) is 0 Å². The number of rotatable bonds is 6. The van der Waals surface area contributed by atoms with Crippen molar-refractivity contribution < 1.29 is 0 Å². The topological polar surface area (TPSA) is 12.0 Å². The molecule has 0 saturated heterocycles. The van der Waals surface area contributed by atoms with Gasteiger partial charge in [0.2, 0.25) is 0 Å². The number of hydrogen-bond acceptors (Lipinski definition) is 1. The molecule has 1 aromatic carbocycles. The summed E-state index contributed by atoms with van der Waals surface area (Å²) in [6.45, 7) is 5.61. The van der Waals surface area contributed by atoms with E-state index in [0.717, 1.165) is 12.5 Å². The van der Waals surface area contributed by atoms with Crippen LogP contribution in [0.3, 0.4) is 0 Å². The van der Waals surface area contributed by atoms with Gasteiger partial charge in [0.15, 0.2) is 0 Å². The Morgan fingerprint density at radius 2 is 2.06 bits per heavy atom. The highest BCUT2D eigenvalue weighted by atomic mass is 14.9. The summed E-state index contributed by atoms with van der Waals surface area (Å²) in [6.07, 6.45) is 5.72. The molecule has 1 aliphatic carbocycles. The minimum absolute atomic E-state index is 0.486. The molecule has 1 N–H and O–H groups in total. The Balaban J connectivity index is 1.73. The van der Waals surface area contributed by atoms with E-state index in [4.69, 9.17) is 0 Å². The van der Waals surface area contributed by atoms with Crippen molar-refractivity contribution in [2.45, 2.75) is 45.6 Å². The van der Waals surface area contributed by atoms with E-state index in [9.17, 15) is 0 Å². The van der Waals surface area contributed by atoms with Crippen molar-refractivity contribution in [2.24, 2.45) is 5.92 Å². The normalized spacial score (nSPS) is 17.4. The molecular weight excluding hydrogens is 194 g/mol. The highest BCUT2D eigenvalue weighted by Crippen LogP contribution is 2.33. The Morgan fingerprint density at radius 3 is 2.75 bits per heavy atom. The van der Waals surface area contributed by atoms with Gasteiger partial charge >= 0.3 is 0 Å². The first-order chi connectivity index (χ1) is 7.77. The first kappa shape index (κ1) is 11.7. The van der Waals surface area contributed by atoms with Crippen LogP contribution in [-0.2, 0) is 0 Å². The molecule has 16 heavy (non-hydrogen) atoms. The SMILES string of the molecule is Cc1ccccc1C(C)NCCCC1CC1. The van der Waals surface area contributed by atoms with Crippen LogP contribution < -0.4 is 5.32 Å². The lowest BCUT2D eigenvalue weighted by atomic mass is 10.0. The minimum Gasteiger partial charge on any atom is -0.310 e. The van der Waals surface area contributed by atoms with Crippen LogP contribution in [0.5, 0.6) is 0 Å². The molecule has 0 bridgehead atoms. The van der Waals surface area contributed by atoms with Gasteiger partial charge in [-0.15, -0.1) is 0 Å². The number of benzene rings is 1. The van der Waals surface area contributed by atoms with Gasteiger partial charge in [-0.25, -0.2) is 0 Å². The summed E-state index contributed by atoms with van der Waals surface area (Å²) in [7, 11) is 0. The summed E-state index contributed by atoms with van der Waals surface area (Å²) in [5, 5.41) is 3.62. The molecule has 0 radical (unpaired) electrons. The van der Waals surface area contributed by atoms with E-state index in [1.165, 1.54) is 36.8 Å². The lowest BCUT2D eigenvalue weighted by Crippen LogP contribution is -2.20. The van der Waals surface area contributed by atoms with Gasteiger partial charge in [0.1, 0.15) is 0 Å². The van der Waals surface area contributed by atoms with Crippen LogP contribution in [0.25, 0.3) is 0 Å². The molecule has 1 aromatic rings. The largest absolute Gasteiger partial charge is 0.310 e. The lowest BCUT2D eigenvalue weighted by molar-refractivity contribution is 0.532. The van der Waals surface area contributed by atoms with E-state index < -0.39 is 0 Å². The summed E-state index contributed by atoms with van der Waals surface area (Å²) < 4.78 is 0. The fourth-order valence-electron chi connectivity index (χ4n) is 2.30. The molecule has 1 saturated carbocycles. The molecule has 0 aromatic heterocycles. The zero-order valence-corrected chi connectivity index (χ0v) is 10.5. The summed E-state index contributed by atoms with van der Waals surface area (Å²) >= 11 is 0. The molecule has 1 aliphatic rings. The summed E-state index contributed by atoms with van der Waals surface area (Å²) in [5.74, 6) is 1.07. The van der Waals surface area contributed by atoms with Crippen LogP contribution in [0.1, 0.15) is 49.8 Å². The second-order valence-corrected chi connectivity index (χ2v) is 5.12. The fraction of sp³-hybridized carbons (Fsp3) is 0.600. The third-order valence-electron chi connectivity index (χ3n) is 3.59. The molecule has 1 unspecified atom stereocenters. The van der Waals surface area contributed by atoms with E-state index in [-0.39, 0.29) is 0 Å². The van der Waals surface area contributed by atoms with Crippen molar-refractivity contribution in [2.75, 3.05) is 6.54 Å². The van der Waals surface area contributed by atoms with E-state index in [0.29, 0.717) is 6.04 Å². The average Bonchev–Trinajstić information content (AvgIpc) is 3.08. The molecule has 1 nitrogen and oxygen atoms in total. The van der Waals surface area contributed by atoms with Gasteiger partial charge in [-0.3, -0.25) is 0 Å². The van der Waals surface area contributed by atoms with E-state index in [2.05, 4.69) is 43.4 Å². The zero-order valence-electron chi connectivity index (χ0n) is 10.5. The maximum Gasteiger partial charge on any atom is 0.0294 e. The van der Waals surface area contributed by atoms with Crippen LogP contribution in [0, 0.1) is 12.8 Å². The molecular formula is C15H23N. The summed E-state index contributed by atoms with van der Waals surface area (Å²) in [4.78, 5) is 0. The van der Waals surface area contributed by atoms with Crippen molar-refractivity contribution in [3.63, 3.8) is 0 Å². The molecule has 1 atom stereocenters. The maximum absolute atomic E-state index is 3.62. The van der Waals surface area contributed by atoms with Crippen LogP contribution in [0.4, 0.5) is 0 Å². The highest BCUT2D eigenvalue weighted by molar-refractivity contribution is 5.28. The molecule has 1 heteroatoms. The fourth-order valence-corrected chi connectivity index (χ4v) is 2.30. The molecule has 0 aliphatic heterocycles. The zero-order chi connectivity index (χ0) is 11.4.